The maximum atomic E-state index is 12.4. The molecular formula is C11H17N5O3S. The molecule has 0 bridgehead atoms. The highest BCUT2D eigenvalue weighted by Crippen LogP contribution is 2.26. The first-order chi connectivity index (χ1) is 9.36. The van der Waals surface area contributed by atoms with Crippen molar-refractivity contribution in [1.82, 2.24) is 19.5 Å². The molecule has 20 heavy (non-hydrogen) atoms. The van der Waals surface area contributed by atoms with E-state index in [0.29, 0.717) is 22.9 Å². The Labute approximate surface area is 117 Å². The summed E-state index contributed by atoms with van der Waals surface area (Å²) in [5, 5.41) is 7.51. The van der Waals surface area contributed by atoms with Crippen LogP contribution in [0.5, 0.6) is 0 Å². The van der Waals surface area contributed by atoms with Crippen LogP contribution in [-0.2, 0) is 30.2 Å². The molecule has 0 saturated heterocycles. The highest BCUT2D eigenvalue weighted by Gasteiger charge is 2.26. The second kappa shape index (κ2) is 5.35. The molecule has 0 spiro atoms. The molecule has 110 valence electrons. The van der Waals surface area contributed by atoms with Crippen molar-refractivity contribution >= 4 is 10.0 Å². The van der Waals surface area contributed by atoms with Gasteiger partial charge >= 0.3 is 0 Å². The minimum absolute atomic E-state index is 0.0481. The molecule has 0 fully saturated rings. The first-order valence-corrected chi connectivity index (χ1v) is 7.46. The molecule has 8 nitrogen and oxygen atoms in total. The van der Waals surface area contributed by atoms with Crippen molar-refractivity contribution in [2.75, 3.05) is 0 Å². The minimum Gasteiger partial charge on any atom is -0.465 e. The Morgan fingerprint density at radius 1 is 1.40 bits per heavy atom. The molecule has 0 aromatic carbocycles. The summed E-state index contributed by atoms with van der Waals surface area (Å²) in [6, 6.07) is 0. The number of aromatic nitrogens is 3. The Kier molecular flexibility index (Phi) is 3.93. The zero-order valence-corrected chi connectivity index (χ0v) is 12.4. The van der Waals surface area contributed by atoms with E-state index in [4.69, 9.17) is 10.2 Å². The molecule has 3 N–H and O–H groups in total. The van der Waals surface area contributed by atoms with Gasteiger partial charge in [0.05, 0.1) is 6.54 Å². The summed E-state index contributed by atoms with van der Waals surface area (Å²) in [5.41, 5.74) is 6.09. The molecule has 9 heteroatoms. The summed E-state index contributed by atoms with van der Waals surface area (Å²) >= 11 is 0. The lowest BCUT2D eigenvalue weighted by Gasteiger charge is -2.07. The van der Waals surface area contributed by atoms with E-state index in [1.807, 2.05) is 0 Å². The zero-order chi connectivity index (χ0) is 14.9. The first kappa shape index (κ1) is 14.7. The SMILES string of the molecule is Cc1oc(C)c(S(=O)(=O)NCc2nncn2C)c1CN. The van der Waals surface area contributed by atoms with E-state index >= 15 is 0 Å². The first-order valence-electron chi connectivity index (χ1n) is 5.98. The third-order valence-corrected chi connectivity index (χ3v) is 4.62. The van der Waals surface area contributed by atoms with Crippen molar-refractivity contribution in [2.24, 2.45) is 12.8 Å². The molecule has 0 aliphatic rings. The van der Waals surface area contributed by atoms with Gasteiger partial charge in [-0.25, -0.2) is 13.1 Å². The van der Waals surface area contributed by atoms with E-state index in [1.165, 1.54) is 6.33 Å². The van der Waals surface area contributed by atoms with Crippen LogP contribution in [0.1, 0.15) is 22.9 Å². The van der Waals surface area contributed by atoms with Gasteiger partial charge < -0.3 is 14.7 Å². The monoisotopic (exact) mass is 299 g/mol. The van der Waals surface area contributed by atoms with Gasteiger partial charge in [-0.3, -0.25) is 0 Å². The number of nitrogens with one attached hydrogen (secondary N) is 1. The van der Waals surface area contributed by atoms with E-state index in [2.05, 4.69) is 14.9 Å². The summed E-state index contributed by atoms with van der Waals surface area (Å²) < 4.78 is 34.2. The van der Waals surface area contributed by atoms with Crippen molar-refractivity contribution in [2.45, 2.75) is 31.8 Å². The highest BCUT2D eigenvalue weighted by atomic mass is 32.2. The van der Waals surface area contributed by atoms with Crippen molar-refractivity contribution in [1.29, 1.82) is 0 Å². The summed E-state index contributed by atoms with van der Waals surface area (Å²) in [6.07, 6.45) is 1.50. The summed E-state index contributed by atoms with van der Waals surface area (Å²) in [5.74, 6) is 1.36. The molecule has 2 aromatic heterocycles. The second-order valence-electron chi connectivity index (χ2n) is 4.41. The predicted octanol–water partition coefficient (Wildman–Crippen LogP) is -0.0379. The second-order valence-corrected chi connectivity index (χ2v) is 6.11. The molecule has 0 saturated carbocycles. The minimum atomic E-state index is -3.71. The van der Waals surface area contributed by atoms with Gasteiger partial charge in [0, 0.05) is 19.2 Å². The lowest BCUT2D eigenvalue weighted by atomic mass is 10.2. The number of nitrogens with zero attached hydrogens (tertiary/aromatic N) is 3. The van der Waals surface area contributed by atoms with E-state index in [1.54, 1.807) is 25.5 Å². The van der Waals surface area contributed by atoms with Gasteiger partial charge in [0.1, 0.15) is 28.6 Å². The number of nitrogens with two attached hydrogens (primary N) is 1. The van der Waals surface area contributed by atoms with Crippen LogP contribution >= 0.6 is 0 Å². The standard InChI is InChI=1S/C11H17N5O3S/c1-7-9(4-12)11(8(2)19-7)20(17,18)14-5-10-15-13-6-16(10)3/h6,14H,4-5,12H2,1-3H3. The average molecular weight is 299 g/mol. The normalized spacial score (nSPS) is 12.0. The van der Waals surface area contributed by atoms with Gasteiger partial charge in [-0.05, 0) is 13.8 Å². The fourth-order valence-electron chi connectivity index (χ4n) is 2.00. The van der Waals surface area contributed by atoms with Crippen molar-refractivity contribution in [3.05, 3.63) is 29.2 Å². The Balaban J connectivity index is 2.29. The van der Waals surface area contributed by atoms with Crippen LogP contribution < -0.4 is 10.5 Å². The smallest absolute Gasteiger partial charge is 0.244 e. The molecule has 2 aromatic rings. The summed E-state index contributed by atoms with van der Waals surface area (Å²) in [6.45, 7) is 3.44. The van der Waals surface area contributed by atoms with Crippen LogP contribution in [0.4, 0.5) is 0 Å². The number of sulfonamides is 1. The molecule has 0 radical (unpaired) electrons. The van der Waals surface area contributed by atoms with Crippen LogP contribution in [0.25, 0.3) is 0 Å². The van der Waals surface area contributed by atoms with Crippen molar-refractivity contribution < 1.29 is 12.8 Å². The third-order valence-electron chi connectivity index (χ3n) is 3.02. The Morgan fingerprint density at radius 2 is 2.10 bits per heavy atom. The maximum Gasteiger partial charge on any atom is 0.244 e. The molecule has 0 aliphatic carbocycles. The Hall–Kier alpha value is -1.71. The molecule has 2 rings (SSSR count). The van der Waals surface area contributed by atoms with Gasteiger partial charge in [0.15, 0.2) is 0 Å². The highest BCUT2D eigenvalue weighted by molar-refractivity contribution is 7.89. The fraction of sp³-hybridized carbons (Fsp3) is 0.455. The molecule has 0 aliphatic heterocycles. The Bertz CT molecular complexity index is 716. The topological polar surface area (TPSA) is 116 Å². The third kappa shape index (κ3) is 2.60. The van der Waals surface area contributed by atoms with Gasteiger partial charge in [-0.15, -0.1) is 10.2 Å². The van der Waals surface area contributed by atoms with Crippen LogP contribution in [0.2, 0.25) is 0 Å². The van der Waals surface area contributed by atoms with Crippen molar-refractivity contribution in [3.8, 4) is 0 Å². The van der Waals surface area contributed by atoms with Gasteiger partial charge in [0.2, 0.25) is 10.0 Å². The molecular weight excluding hydrogens is 282 g/mol. The van der Waals surface area contributed by atoms with Crippen molar-refractivity contribution in [3.63, 3.8) is 0 Å². The van der Waals surface area contributed by atoms with E-state index in [0.717, 1.165) is 0 Å². The van der Waals surface area contributed by atoms with E-state index in [-0.39, 0.29) is 18.0 Å². The number of hydrogen-bond acceptors (Lipinski definition) is 6. The van der Waals surface area contributed by atoms with Crippen LogP contribution in [0.15, 0.2) is 15.6 Å². The zero-order valence-electron chi connectivity index (χ0n) is 11.5. The lowest BCUT2D eigenvalue weighted by Crippen LogP contribution is -2.26. The quantitative estimate of drug-likeness (QED) is 0.800. The molecule has 0 amide bonds. The maximum absolute atomic E-state index is 12.4. The number of aryl methyl sites for hydroxylation is 3. The molecule has 0 atom stereocenters. The van der Waals surface area contributed by atoms with Gasteiger partial charge in [-0.1, -0.05) is 0 Å². The number of hydrogen-bond donors (Lipinski definition) is 2. The Morgan fingerprint density at radius 3 is 2.65 bits per heavy atom. The largest absolute Gasteiger partial charge is 0.465 e. The van der Waals surface area contributed by atoms with Gasteiger partial charge in [-0.2, -0.15) is 0 Å². The summed E-state index contributed by atoms with van der Waals surface area (Å²) in [4.78, 5) is 0.111. The lowest BCUT2D eigenvalue weighted by molar-refractivity contribution is 0.494. The van der Waals surface area contributed by atoms with Crippen LogP contribution in [0, 0.1) is 13.8 Å². The van der Waals surface area contributed by atoms with Crippen LogP contribution in [-0.4, -0.2) is 23.2 Å². The average Bonchev–Trinajstić information content (AvgIpc) is 2.90. The number of furan rings is 1. The molecule has 2 heterocycles. The van der Waals surface area contributed by atoms with E-state index < -0.39 is 10.0 Å². The van der Waals surface area contributed by atoms with Gasteiger partial charge in [0.25, 0.3) is 0 Å². The van der Waals surface area contributed by atoms with E-state index in [9.17, 15) is 8.42 Å². The predicted molar refractivity (Wildman–Crippen MR) is 71.1 cm³/mol. The van der Waals surface area contributed by atoms with Crippen LogP contribution in [0.3, 0.4) is 0 Å². The number of rotatable bonds is 5. The fourth-order valence-corrected chi connectivity index (χ4v) is 3.43. The molecule has 0 unspecified atom stereocenters. The summed E-state index contributed by atoms with van der Waals surface area (Å²) in [7, 11) is -1.97.